The summed E-state index contributed by atoms with van der Waals surface area (Å²) in [5.41, 5.74) is -0.475. The molecule has 0 aromatic carbocycles. The fraction of sp³-hybridized carbons (Fsp3) is 0.538. The van der Waals surface area contributed by atoms with Crippen molar-refractivity contribution in [3.63, 3.8) is 0 Å². The quantitative estimate of drug-likeness (QED) is 0.587. The lowest BCUT2D eigenvalue weighted by Crippen LogP contribution is -2.21. The van der Waals surface area contributed by atoms with Gasteiger partial charge in [-0.3, -0.25) is 10.1 Å². The van der Waals surface area contributed by atoms with Crippen molar-refractivity contribution in [2.45, 2.75) is 38.6 Å². The highest BCUT2D eigenvalue weighted by Crippen LogP contribution is 2.35. The molecule has 0 aliphatic heterocycles. The molecule has 108 valence electrons. The Bertz CT molecular complexity index is 528. The zero-order valence-electron chi connectivity index (χ0n) is 11.2. The molecule has 7 nitrogen and oxygen atoms in total. The highest BCUT2D eigenvalue weighted by molar-refractivity contribution is 5.93. The minimum Gasteiger partial charge on any atom is -0.478 e. The first kappa shape index (κ1) is 14.2. The number of aromatic carboxylic acids is 1. The Morgan fingerprint density at radius 1 is 1.65 bits per heavy atom. The fourth-order valence-electron chi connectivity index (χ4n) is 2.11. The van der Waals surface area contributed by atoms with Crippen LogP contribution in [-0.2, 0) is 0 Å². The molecule has 1 aromatic rings. The molecule has 2 N–H and O–H groups in total. The number of nitrogens with one attached hydrogen (secondary N) is 1. The van der Waals surface area contributed by atoms with E-state index < -0.39 is 10.9 Å². The lowest BCUT2D eigenvalue weighted by Gasteiger charge is -2.18. The molecule has 7 heteroatoms. The molecule has 1 aliphatic rings. The summed E-state index contributed by atoms with van der Waals surface area (Å²) >= 11 is 0. The van der Waals surface area contributed by atoms with Crippen LogP contribution in [0.2, 0.25) is 0 Å². The maximum absolute atomic E-state index is 11.2. The first-order valence-electron chi connectivity index (χ1n) is 6.65. The number of carboxylic acid groups (broad SMARTS) is 1. The molecule has 0 saturated heterocycles. The highest BCUT2D eigenvalue weighted by Gasteiger charge is 2.26. The Hall–Kier alpha value is -2.18. The van der Waals surface area contributed by atoms with Crippen molar-refractivity contribution in [3.05, 3.63) is 27.9 Å². The molecule has 20 heavy (non-hydrogen) atoms. The van der Waals surface area contributed by atoms with Gasteiger partial charge in [-0.1, -0.05) is 19.8 Å². The molecule has 1 aromatic heterocycles. The second-order valence-electron chi connectivity index (χ2n) is 5.08. The Labute approximate surface area is 116 Å². The van der Waals surface area contributed by atoms with Gasteiger partial charge in [-0.2, -0.15) is 0 Å². The minimum absolute atomic E-state index is 0.148. The third-order valence-electron chi connectivity index (χ3n) is 3.46. The average molecular weight is 279 g/mol. The Kier molecular flexibility index (Phi) is 4.16. The zero-order chi connectivity index (χ0) is 14.7. The van der Waals surface area contributed by atoms with E-state index in [2.05, 4.69) is 10.3 Å². The maximum Gasteiger partial charge on any atom is 0.339 e. The number of nitrogens with zero attached hydrogens (tertiary/aromatic N) is 2. The van der Waals surface area contributed by atoms with Crippen molar-refractivity contribution < 1.29 is 14.8 Å². The van der Waals surface area contributed by atoms with Crippen molar-refractivity contribution >= 4 is 17.5 Å². The van der Waals surface area contributed by atoms with Crippen LogP contribution in [0.4, 0.5) is 11.5 Å². The summed E-state index contributed by atoms with van der Waals surface area (Å²) in [7, 11) is 0. The van der Waals surface area contributed by atoms with Crippen molar-refractivity contribution in [1.82, 2.24) is 4.98 Å². The largest absolute Gasteiger partial charge is 0.478 e. The standard InChI is InChI=1S/C13H17N3O4/c1-2-9(5-8-3-4-8)15-12-11(13(17)18)6-10(7-14-12)16(19)20/h6-9H,2-5H2,1H3,(H,14,15)(H,17,18). The maximum atomic E-state index is 11.2. The molecule has 2 rings (SSSR count). The molecule has 0 radical (unpaired) electrons. The van der Waals surface area contributed by atoms with Gasteiger partial charge in [0.05, 0.1) is 4.92 Å². The van der Waals surface area contributed by atoms with Crippen LogP contribution in [0.25, 0.3) is 0 Å². The number of nitro groups is 1. The van der Waals surface area contributed by atoms with Crippen molar-refractivity contribution in [2.24, 2.45) is 5.92 Å². The number of hydrogen-bond donors (Lipinski definition) is 2. The molecule has 0 bridgehead atoms. The number of pyridine rings is 1. The second-order valence-corrected chi connectivity index (χ2v) is 5.08. The Morgan fingerprint density at radius 3 is 2.85 bits per heavy atom. The first-order valence-corrected chi connectivity index (χ1v) is 6.65. The van der Waals surface area contributed by atoms with Crippen LogP contribution in [0.3, 0.4) is 0 Å². The van der Waals surface area contributed by atoms with Gasteiger partial charge in [0.25, 0.3) is 5.69 Å². The molecule has 1 heterocycles. The predicted octanol–water partition coefficient (Wildman–Crippen LogP) is 2.68. The molecule has 0 spiro atoms. The van der Waals surface area contributed by atoms with Crippen molar-refractivity contribution in [1.29, 1.82) is 0 Å². The molecular formula is C13H17N3O4. The van der Waals surface area contributed by atoms with Gasteiger partial charge in [-0.05, 0) is 18.8 Å². The van der Waals surface area contributed by atoms with Crippen LogP contribution < -0.4 is 5.32 Å². The molecule has 1 aliphatic carbocycles. The normalized spacial score (nSPS) is 15.7. The molecule has 1 saturated carbocycles. The number of carboxylic acids is 1. The SMILES string of the molecule is CCC(CC1CC1)Nc1ncc([N+](=O)[O-])cc1C(=O)O. The average Bonchev–Trinajstić information content (AvgIpc) is 3.21. The topological polar surface area (TPSA) is 105 Å². The van der Waals surface area contributed by atoms with E-state index in [4.69, 9.17) is 5.11 Å². The minimum atomic E-state index is -1.22. The molecule has 1 fully saturated rings. The van der Waals surface area contributed by atoms with Gasteiger partial charge in [0, 0.05) is 12.1 Å². The van der Waals surface area contributed by atoms with Gasteiger partial charge in [-0.15, -0.1) is 0 Å². The first-order chi connectivity index (χ1) is 9.51. The van der Waals surface area contributed by atoms with Crippen LogP contribution in [0.5, 0.6) is 0 Å². The van der Waals surface area contributed by atoms with Crippen LogP contribution in [0, 0.1) is 16.0 Å². The van der Waals surface area contributed by atoms with E-state index in [1.165, 1.54) is 12.8 Å². The van der Waals surface area contributed by atoms with Crippen molar-refractivity contribution in [2.75, 3.05) is 5.32 Å². The van der Waals surface area contributed by atoms with E-state index in [-0.39, 0.29) is 23.1 Å². The van der Waals surface area contributed by atoms with Crippen LogP contribution in [-0.4, -0.2) is 27.0 Å². The van der Waals surface area contributed by atoms with Gasteiger partial charge in [0.2, 0.25) is 0 Å². The summed E-state index contributed by atoms with van der Waals surface area (Å²) in [4.78, 5) is 25.1. The van der Waals surface area contributed by atoms with Crippen LogP contribution in [0.15, 0.2) is 12.3 Å². The van der Waals surface area contributed by atoms with E-state index in [0.29, 0.717) is 5.92 Å². The Morgan fingerprint density at radius 2 is 2.35 bits per heavy atom. The van der Waals surface area contributed by atoms with E-state index in [1.807, 2.05) is 6.92 Å². The smallest absolute Gasteiger partial charge is 0.339 e. The monoisotopic (exact) mass is 279 g/mol. The van der Waals surface area contributed by atoms with Gasteiger partial charge in [0.15, 0.2) is 0 Å². The van der Waals surface area contributed by atoms with Crippen LogP contribution in [0.1, 0.15) is 43.0 Å². The van der Waals surface area contributed by atoms with Gasteiger partial charge in [-0.25, -0.2) is 9.78 Å². The van der Waals surface area contributed by atoms with Gasteiger partial charge >= 0.3 is 5.97 Å². The number of hydrogen-bond acceptors (Lipinski definition) is 5. The number of rotatable bonds is 7. The number of aromatic nitrogens is 1. The molecule has 1 atom stereocenters. The Balaban J connectivity index is 2.20. The van der Waals surface area contributed by atoms with E-state index >= 15 is 0 Å². The zero-order valence-corrected chi connectivity index (χ0v) is 11.2. The third-order valence-corrected chi connectivity index (χ3v) is 3.46. The summed E-state index contributed by atoms with van der Waals surface area (Å²) in [6.45, 7) is 2.02. The third kappa shape index (κ3) is 3.43. The molecule has 0 amide bonds. The van der Waals surface area contributed by atoms with Crippen molar-refractivity contribution in [3.8, 4) is 0 Å². The summed E-state index contributed by atoms with van der Waals surface area (Å²) < 4.78 is 0. The highest BCUT2D eigenvalue weighted by atomic mass is 16.6. The van der Waals surface area contributed by atoms with Gasteiger partial charge in [0.1, 0.15) is 17.6 Å². The fourth-order valence-corrected chi connectivity index (χ4v) is 2.11. The second kappa shape index (κ2) is 5.85. The lowest BCUT2D eigenvalue weighted by molar-refractivity contribution is -0.385. The number of anilines is 1. The summed E-state index contributed by atoms with van der Waals surface area (Å²) in [6, 6.07) is 1.19. The van der Waals surface area contributed by atoms with Crippen LogP contribution >= 0.6 is 0 Å². The van der Waals surface area contributed by atoms with E-state index in [0.717, 1.165) is 25.1 Å². The van der Waals surface area contributed by atoms with E-state index in [9.17, 15) is 14.9 Å². The lowest BCUT2D eigenvalue weighted by atomic mass is 10.1. The summed E-state index contributed by atoms with van der Waals surface area (Å²) in [6.07, 6.45) is 5.36. The molecular weight excluding hydrogens is 262 g/mol. The molecule has 1 unspecified atom stereocenters. The number of carbonyl (C=O) groups is 1. The van der Waals surface area contributed by atoms with Gasteiger partial charge < -0.3 is 10.4 Å². The summed E-state index contributed by atoms with van der Waals surface area (Å²) in [5, 5.41) is 22.9. The predicted molar refractivity (Wildman–Crippen MR) is 72.9 cm³/mol. The van der Waals surface area contributed by atoms with E-state index in [1.54, 1.807) is 0 Å². The summed E-state index contributed by atoms with van der Waals surface area (Å²) in [5.74, 6) is -0.306.